The molecular weight excluding hydrogens is 339 g/mol. The van der Waals surface area contributed by atoms with Crippen LogP contribution in [0.2, 0.25) is 0 Å². The molecule has 3 rings (SSSR count). The fourth-order valence-corrected chi connectivity index (χ4v) is 2.61. The minimum Gasteiger partial charge on any atom is -0.380 e. The van der Waals surface area contributed by atoms with Crippen molar-refractivity contribution < 1.29 is 4.39 Å². The molecule has 27 heavy (non-hydrogen) atoms. The minimum atomic E-state index is -0.249. The van der Waals surface area contributed by atoms with Gasteiger partial charge in [-0.1, -0.05) is 54.6 Å². The molecule has 0 radical (unpaired) electrons. The molecule has 0 unspecified atom stereocenters. The van der Waals surface area contributed by atoms with Crippen molar-refractivity contribution in [2.24, 2.45) is 9.98 Å². The van der Waals surface area contributed by atoms with E-state index in [1.165, 1.54) is 6.08 Å². The Morgan fingerprint density at radius 1 is 1.19 bits per heavy atom. The van der Waals surface area contributed by atoms with Gasteiger partial charge in [-0.2, -0.15) is 0 Å². The van der Waals surface area contributed by atoms with Gasteiger partial charge >= 0.3 is 0 Å². The van der Waals surface area contributed by atoms with Crippen molar-refractivity contribution in [3.8, 4) is 0 Å². The smallest absolute Gasteiger partial charge is 0.177 e. The Labute approximate surface area is 158 Å². The molecule has 0 spiro atoms. The number of hydrogen-bond donors (Lipinski definition) is 2. The average Bonchev–Trinajstić information content (AvgIpc) is 3.09. The van der Waals surface area contributed by atoms with Gasteiger partial charge in [-0.15, -0.1) is 0 Å². The lowest BCUT2D eigenvalue weighted by Gasteiger charge is -2.13. The van der Waals surface area contributed by atoms with E-state index in [9.17, 15) is 4.39 Å². The van der Waals surface area contributed by atoms with Crippen LogP contribution in [0, 0.1) is 5.41 Å². The number of halogens is 1. The van der Waals surface area contributed by atoms with Gasteiger partial charge in [0.2, 0.25) is 0 Å². The maximum atomic E-state index is 14.2. The van der Waals surface area contributed by atoms with E-state index in [1.807, 2.05) is 48.6 Å². The number of nitrogens with zero attached hydrogens (tertiary/aromatic N) is 2. The topological polar surface area (TPSA) is 60.6 Å². The molecular formula is C22H21FN4. The van der Waals surface area contributed by atoms with Crippen LogP contribution < -0.4 is 5.32 Å². The lowest BCUT2D eigenvalue weighted by atomic mass is 10.1. The fraction of sp³-hybridized carbons (Fsp3) is 0.136. The quantitative estimate of drug-likeness (QED) is 0.706. The Bertz CT molecular complexity index is 900. The van der Waals surface area contributed by atoms with E-state index in [0.717, 1.165) is 11.3 Å². The third kappa shape index (κ3) is 5.31. The highest BCUT2D eigenvalue weighted by molar-refractivity contribution is 6.46. The van der Waals surface area contributed by atoms with Crippen LogP contribution in [-0.4, -0.2) is 24.3 Å². The highest BCUT2D eigenvalue weighted by Gasteiger charge is 2.10. The molecule has 0 saturated carbocycles. The van der Waals surface area contributed by atoms with Crippen LogP contribution in [0.5, 0.6) is 0 Å². The van der Waals surface area contributed by atoms with Crippen LogP contribution in [0.4, 0.5) is 4.39 Å². The van der Waals surface area contributed by atoms with Crippen LogP contribution in [-0.2, 0) is 0 Å². The first-order valence-corrected chi connectivity index (χ1v) is 8.81. The first kappa shape index (κ1) is 18.5. The van der Waals surface area contributed by atoms with Crippen molar-refractivity contribution >= 4 is 23.5 Å². The highest BCUT2D eigenvalue weighted by atomic mass is 19.1. The number of aliphatic imine (C=N–C) groups is 2. The summed E-state index contributed by atoms with van der Waals surface area (Å²) in [5.74, 6) is 0.101. The van der Waals surface area contributed by atoms with Gasteiger partial charge in [0.05, 0.1) is 0 Å². The molecule has 1 aromatic carbocycles. The Kier molecular flexibility index (Phi) is 6.41. The molecule has 0 aromatic heterocycles. The largest absolute Gasteiger partial charge is 0.380 e. The van der Waals surface area contributed by atoms with Gasteiger partial charge in [-0.25, -0.2) is 14.4 Å². The summed E-state index contributed by atoms with van der Waals surface area (Å²) < 4.78 is 14.2. The van der Waals surface area contributed by atoms with Gasteiger partial charge < -0.3 is 5.32 Å². The number of hydrogen-bond acceptors (Lipinski definition) is 4. The van der Waals surface area contributed by atoms with Gasteiger partial charge in [-0.05, 0) is 24.1 Å². The normalized spacial score (nSPS) is 16.8. The predicted octanol–water partition coefficient (Wildman–Crippen LogP) is 4.76. The summed E-state index contributed by atoms with van der Waals surface area (Å²) in [5.41, 5.74) is 2.42. The minimum absolute atomic E-state index is 0.191. The molecule has 0 atom stereocenters. The van der Waals surface area contributed by atoms with Crippen molar-refractivity contribution in [2.45, 2.75) is 12.8 Å². The second-order valence-corrected chi connectivity index (χ2v) is 5.98. The summed E-state index contributed by atoms with van der Waals surface area (Å²) in [5, 5.41) is 11.6. The average molecular weight is 360 g/mol. The summed E-state index contributed by atoms with van der Waals surface area (Å²) >= 11 is 0. The first-order chi connectivity index (χ1) is 13.2. The molecule has 0 saturated heterocycles. The van der Waals surface area contributed by atoms with E-state index in [-0.39, 0.29) is 11.5 Å². The van der Waals surface area contributed by atoms with E-state index in [4.69, 9.17) is 5.41 Å². The van der Waals surface area contributed by atoms with Gasteiger partial charge in [0, 0.05) is 36.7 Å². The lowest BCUT2D eigenvalue weighted by molar-refractivity contribution is 0.641. The van der Waals surface area contributed by atoms with Crippen molar-refractivity contribution in [3.63, 3.8) is 0 Å². The molecule has 0 fully saturated rings. The van der Waals surface area contributed by atoms with Crippen LogP contribution in [0.15, 0.2) is 94.4 Å². The maximum Gasteiger partial charge on any atom is 0.177 e. The maximum absolute atomic E-state index is 14.2. The summed E-state index contributed by atoms with van der Waals surface area (Å²) in [6.45, 7) is 0.327. The van der Waals surface area contributed by atoms with E-state index >= 15 is 0 Å². The Hall–Kier alpha value is -3.34. The van der Waals surface area contributed by atoms with Crippen LogP contribution >= 0.6 is 0 Å². The number of nitrogens with one attached hydrogen (secondary N) is 2. The second-order valence-electron chi connectivity index (χ2n) is 5.98. The van der Waals surface area contributed by atoms with E-state index in [0.29, 0.717) is 30.8 Å². The molecule has 5 heteroatoms. The third-order valence-corrected chi connectivity index (χ3v) is 4.03. The molecule has 1 aromatic rings. The monoisotopic (exact) mass is 360 g/mol. The Balaban J connectivity index is 1.83. The van der Waals surface area contributed by atoms with Crippen LogP contribution in [0.3, 0.4) is 0 Å². The lowest BCUT2D eigenvalue weighted by Crippen LogP contribution is -2.19. The zero-order valence-electron chi connectivity index (χ0n) is 14.9. The number of amidine groups is 1. The Morgan fingerprint density at radius 3 is 2.89 bits per heavy atom. The first-order valence-electron chi connectivity index (χ1n) is 8.81. The molecule has 4 nitrogen and oxygen atoms in total. The van der Waals surface area contributed by atoms with Gasteiger partial charge in [0.15, 0.2) is 5.84 Å². The van der Waals surface area contributed by atoms with Crippen molar-refractivity contribution in [3.05, 3.63) is 90.0 Å². The third-order valence-electron chi connectivity index (χ3n) is 4.03. The zero-order valence-corrected chi connectivity index (χ0v) is 14.9. The standard InChI is InChI=1S/C22H21FN4/c23-19-12-6-2-5-11-18(19)16-27-21(17-9-3-1-4-10-17)15-20(24)22-25-13-7-8-14-26-22/h1-4,6-7,9-15,24,27H,5,8,16H2/b21-15-,24-20?. The Morgan fingerprint density at radius 2 is 2.04 bits per heavy atom. The summed E-state index contributed by atoms with van der Waals surface area (Å²) in [7, 11) is 0. The number of rotatable bonds is 6. The van der Waals surface area contributed by atoms with Gasteiger partial charge in [0.25, 0.3) is 0 Å². The molecule has 136 valence electrons. The number of allylic oxidation sites excluding steroid dienone is 5. The molecule has 2 N–H and O–H groups in total. The van der Waals surface area contributed by atoms with Crippen molar-refractivity contribution in [1.29, 1.82) is 5.41 Å². The molecule has 0 amide bonds. The molecule has 1 aliphatic heterocycles. The summed E-state index contributed by atoms with van der Waals surface area (Å²) in [6.07, 6.45) is 15.3. The molecule has 0 bridgehead atoms. The van der Waals surface area contributed by atoms with E-state index in [1.54, 1.807) is 24.6 Å². The van der Waals surface area contributed by atoms with E-state index in [2.05, 4.69) is 15.3 Å². The highest BCUT2D eigenvalue weighted by Crippen LogP contribution is 2.18. The number of benzene rings is 1. The van der Waals surface area contributed by atoms with Crippen molar-refractivity contribution in [1.82, 2.24) is 5.32 Å². The summed E-state index contributed by atoms with van der Waals surface area (Å²) in [6, 6.07) is 9.67. The van der Waals surface area contributed by atoms with Gasteiger partial charge in [0.1, 0.15) is 11.5 Å². The molecule has 1 aliphatic carbocycles. The van der Waals surface area contributed by atoms with Crippen LogP contribution in [0.25, 0.3) is 5.70 Å². The van der Waals surface area contributed by atoms with Crippen molar-refractivity contribution in [2.75, 3.05) is 6.54 Å². The summed E-state index contributed by atoms with van der Waals surface area (Å²) in [4.78, 5) is 8.42. The fourth-order valence-electron chi connectivity index (χ4n) is 2.61. The SMILES string of the molecule is N=C(/C=C(\NCC1=CCC=CC=C1F)c1ccccc1)C1=NC=CCC=N1. The van der Waals surface area contributed by atoms with Crippen LogP contribution in [0.1, 0.15) is 18.4 Å². The molecule has 2 aliphatic rings. The van der Waals surface area contributed by atoms with E-state index < -0.39 is 0 Å². The predicted molar refractivity (Wildman–Crippen MR) is 111 cm³/mol. The van der Waals surface area contributed by atoms with Gasteiger partial charge in [-0.3, -0.25) is 5.41 Å². The second kappa shape index (κ2) is 9.38. The zero-order chi connectivity index (χ0) is 18.9. The molecule has 1 heterocycles.